The van der Waals surface area contributed by atoms with Gasteiger partial charge in [0.05, 0.1) is 28.4 Å². The number of nitrogens with zero attached hydrogens (tertiary/aromatic N) is 5. The van der Waals surface area contributed by atoms with Gasteiger partial charge in [-0.25, -0.2) is 15.0 Å². The number of benzene rings is 1. The zero-order chi connectivity index (χ0) is 22.6. The lowest BCUT2D eigenvalue weighted by Gasteiger charge is -2.19. The van der Waals surface area contributed by atoms with Gasteiger partial charge in [-0.1, -0.05) is 6.07 Å². The quantitative estimate of drug-likeness (QED) is 0.443. The fraction of sp³-hybridized carbons (Fsp3) is 0.391. The fourth-order valence-electron chi connectivity index (χ4n) is 4.86. The summed E-state index contributed by atoms with van der Waals surface area (Å²) in [4.78, 5) is 25.3. The maximum Gasteiger partial charge on any atom is 0.261 e. The minimum absolute atomic E-state index is 0.0559. The second-order valence-corrected chi connectivity index (χ2v) is 8.68. The molecule has 32 heavy (non-hydrogen) atoms. The van der Waals surface area contributed by atoms with Gasteiger partial charge in [-0.05, 0) is 55.9 Å². The molecule has 1 fully saturated rings. The first kappa shape index (κ1) is 20.6. The van der Waals surface area contributed by atoms with Crippen molar-refractivity contribution in [3.63, 3.8) is 0 Å². The van der Waals surface area contributed by atoms with E-state index in [1.165, 1.54) is 6.33 Å². The molecule has 1 saturated carbocycles. The van der Waals surface area contributed by atoms with E-state index in [1.54, 1.807) is 11.6 Å². The Kier molecular flexibility index (Phi) is 4.94. The number of aryl methyl sites for hydroxylation is 2. The molecule has 0 bridgehead atoms. The van der Waals surface area contributed by atoms with E-state index in [0.717, 1.165) is 10.9 Å². The number of fused-ring (bicyclic) bond motifs is 2. The minimum atomic E-state index is -0.893. The smallest absolute Gasteiger partial charge is 0.261 e. The molecule has 0 aliphatic heterocycles. The molecule has 1 aromatic carbocycles. The number of rotatable bonds is 4. The molecule has 9 nitrogen and oxygen atoms in total. The molecule has 5 rings (SSSR count). The summed E-state index contributed by atoms with van der Waals surface area (Å²) in [7, 11) is 1.72. The molecule has 0 amide bonds. The van der Waals surface area contributed by atoms with Crippen LogP contribution in [-0.4, -0.2) is 46.5 Å². The van der Waals surface area contributed by atoms with E-state index in [4.69, 9.17) is 5.73 Å². The maximum atomic E-state index is 12.4. The van der Waals surface area contributed by atoms with E-state index in [0.29, 0.717) is 47.5 Å². The second kappa shape index (κ2) is 7.68. The first-order valence-electron chi connectivity index (χ1n) is 10.7. The molecule has 4 N–H and O–H groups in total. The van der Waals surface area contributed by atoms with E-state index in [9.17, 15) is 15.0 Å². The third-order valence-electron chi connectivity index (χ3n) is 6.84. The summed E-state index contributed by atoms with van der Waals surface area (Å²) in [5, 5.41) is 22.8. The van der Waals surface area contributed by atoms with Gasteiger partial charge in [0.25, 0.3) is 5.56 Å². The maximum absolute atomic E-state index is 12.4. The van der Waals surface area contributed by atoms with Crippen molar-refractivity contribution in [3.8, 4) is 0 Å². The lowest BCUT2D eigenvalue weighted by atomic mass is 9.95. The summed E-state index contributed by atoms with van der Waals surface area (Å²) in [6, 6.07) is 7.25. The van der Waals surface area contributed by atoms with Crippen LogP contribution >= 0.6 is 0 Å². The second-order valence-electron chi connectivity index (χ2n) is 8.68. The van der Waals surface area contributed by atoms with Crippen molar-refractivity contribution in [2.75, 3.05) is 5.73 Å². The Bertz CT molecular complexity index is 1380. The number of hydrogen-bond acceptors (Lipinski definition) is 7. The van der Waals surface area contributed by atoms with Gasteiger partial charge < -0.3 is 20.5 Å². The number of nitrogen functional groups attached to an aromatic ring is 1. The lowest BCUT2D eigenvalue weighted by molar-refractivity contribution is 0.00545. The Labute approximate surface area is 184 Å². The summed E-state index contributed by atoms with van der Waals surface area (Å²) in [5.41, 5.74) is 8.27. The monoisotopic (exact) mass is 434 g/mol. The molecule has 166 valence electrons. The number of aliphatic hydroxyl groups excluding tert-OH is 2. The predicted octanol–water partition coefficient (Wildman–Crippen LogP) is 1.48. The molecule has 4 aromatic rings. The van der Waals surface area contributed by atoms with E-state index >= 15 is 0 Å². The molecule has 0 saturated heterocycles. The van der Waals surface area contributed by atoms with Crippen molar-refractivity contribution < 1.29 is 10.2 Å². The van der Waals surface area contributed by atoms with Crippen LogP contribution in [0.2, 0.25) is 0 Å². The summed E-state index contributed by atoms with van der Waals surface area (Å²) in [5.74, 6) is 0.995. The Hall–Kier alpha value is -3.30. The summed E-state index contributed by atoms with van der Waals surface area (Å²) in [6.45, 7) is 1.81. The molecule has 3 heterocycles. The highest BCUT2D eigenvalue weighted by atomic mass is 16.3. The Balaban J connectivity index is 1.35. The van der Waals surface area contributed by atoms with Crippen LogP contribution in [0.4, 0.5) is 5.82 Å². The number of aromatic nitrogens is 5. The molecule has 0 radical (unpaired) electrons. The predicted molar refractivity (Wildman–Crippen MR) is 121 cm³/mol. The van der Waals surface area contributed by atoms with Crippen molar-refractivity contribution in [1.29, 1.82) is 0 Å². The van der Waals surface area contributed by atoms with E-state index in [-0.39, 0.29) is 17.5 Å². The van der Waals surface area contributed by atoms with E-state index < -0.39 is 12.2 Å². The van der Waals surface area contributed by atoms with Crippen molar-refractivity contribution in [1.82, 2.24) is 24.1 Å². The molecule has 0 spiro atoms. The highest BCUT2D eigenvalue weighted by Gasteiger charge is 2.42. The van der Waals surface area contributed by atoms with Gasteiger partial charge in [-0.2, -0.15) is 0 Å². The number of hydrogen-bond donors (Lipinski definition) is 3. The van der Waals surface area contributed by atoms with Gasteiger partial charge in [0.1, 0.15) is 29.7 Å². The molecule has 1 aliphatic carbocycles. The zero-order valence-corrected chi connectivity index (χ0v) is 18.0. The third kappa shape index (κ3) is 3.25. The molecule has 4 atom stereocenters. The van der Waals surface area contributed by atoms with Gasteiger partial charge in [0, 0.05) is 13.2 Å². The Morgan fingerprint density at radius 1 is 1.16 bits per heavy atom. The van der Waals surface area contributed by atoms with Crippen LogP contribution in [0.15, 0.2) is 41.6 Å². The Morgan fingerprint density at radius 3 is 2.78 bits per heavy atom. The summed E-state index contributed by atoms with van der Waals surface area (Å²) < 4.78 is 3.43. The summed E-state index contributed by atoms with van der Waals surface area (Å²) in [6.07, 6.45) is 3.58. The van der Waals surface area contributed by atoms with Gasteiger partial charge in [-0.15, -0.1) is 0 Å². The zero-order valence-electron chi connectivity index (χ0n) is 18.0. The molecule has 0 unspecified atom stereocenters. The van der Waals surface area contributed by atoms with Crippen molar-refractivity contribution >= 4 is 27.8 Å². The lowest BCUT2D eigenvalue weighted by Crippen LogP contribution is -2.29. The van der Waals surface area contributed by atoms with Crippen LogP contribution in [0, 0.1) is 12.8 Å². The van der Waals surface area contributed by atoms with Crippen molar-refractivity contribution in [3.05, 3.63) is 58.5 Å². The molecular weight excluding hydrogens is 408 g/mol. The average Bonchev–Trinajstić information content (AvgIpc) is 3.33. The van der Waals surface area contributed by atoms with Crippen LogP contribution in [-0.2, 0) is 13.5 Å². The molecule has 3 aromatic heterocycles. The number of aliphatic hydroxyl groups is 2. The largest absolute Gasteiger partial charge is 0.390 e. The summed E-state index contributed by atoms with van der Waals surface area (Å²) >= 11 is 0. The van der Waals surface area contributed by atoms with Gasteiger partial charge in [0.2, 0.25) is 0 Å². The van der Waals surface area contributed by atoms with Crippen molar-refractivity contribution in [2.45, 2.75) is 44.4 Å². The van der Waals surface area contributed by atoms with Gasteiger partial charge in [-0.3, -0.25) is 9.36 Å². The van der Waals surface area contributed by atoms with Crippen LogP contribution in [0.5, 0.6) is 0 Å². The highest BCUT2D eigenvalue weighted by Crippen LogP contribution is 2.39. The van der Waals surface area contributed by atoms with Crippen LogP contribution in [0.25, 0.3) is 21.9 Å². The Morgan fingerprint density at radius 2 is 1.97 bits per heavy atom. The minimum Gasteiger partial charge on any atom is -0.390 e. The standard InChI is InChI=1S/C23H26N6O3/c1-12-27-17-9-13(4-6-15(17)23(32)28(12)2)3-5-14-10-18(20(31)19(14)30)29-8-7-16-21(24)25-11-26-22(16)29/h4,6-9,11,14,18-20,30-31H,3,5,10H2,1-2H3,(H2,24,25,26)/t14-,18+,19+,20-/m0/s1. The third-order valence-corrected chi connectivity index (χ3v) is 6.84. The average molecular weight is 435 g/mol. The van der Waals surface area contributed by atoms with Crippen LogP contribution in [0.3, 0.4) is 0 Å². The molecule has 1 aliphatic rings. The van der Waals surface area contributed by atoms with Gasteiger partial charge >= 0.3 is 0 Å². The highest BCUT2D eigenvalue weighted by molar-refractivity contribution is 5.86. The first-order valence-corrected chi connectivity index (χ1v) is 10.7. The van der Waals surface area contributed by atoms with Crippen LogP contribution in [0.1, 0.15) is 30.3 Å². The number of anilines is 1. The topological polar surface area (TPSA) is 132 Å². The molecule has 9 heteroatoms. The van der Waals surface area contributed by atoms with Crippen molar-refractivity contribution in [2.24, 2.45) is 13.0 Å². The number of nitrogens with two attached hydrogens (primary N) is 1. The van der Waals surface area contributed by atoms with E-state index in [1.807, 2.05) is 42.0 Å². The van der Waals surface area contributed by atoms with Gasteiger partial charge in [0.15, 0.2) is 0 Å². The van der Waals surface area contributed by atoms with Crippen LogP contribution < -0.4 is 11.3 Å². The first-order chi connectivity index (χ1) is 15.3. The SMILES string of the molecule is Cc1nc2cc(CC[C@H]3C[C@@H](n4ccc5c(N)ncnc54)[C@H](O)[C@@H]3O)ccc2c(=O)n1C. The van der Waals surface area contributed by atoms with E-state index in [2.05, 4.69) is 15.0 Å². The molecular formula is C23H26N6O3. The normalized spacial score (nSPS) is 23.4. The fourth-order valence-corrected chi connectivity index (χ4v) is 4.86.